The molecule has 0 amide bonds. The predicted octanol–water partition coefficient (Wildman–Crippen LogP) is 3.35. The Labute approximate surface area is 132 Å². The molecule has 4 nitrogen and oxygen atoms in total. The van der Waals surface area contributed by atoms with Crippen molar-refractivity contribution < 1.29 is 8.42 Å². The molecule has 0 radical (unpaired) electrons. The van der Waals surface area contributed by atoms with Gasteiger partial charge in [0.15, 0.2) is 0 Å². The fourth-order valence-corrected chi connectivity index (χ4v) is 4.73. The van der Waals surface area contributed by atoms with E-state index in [1.807, 2.05) is 25.1 Å². The van der Waals surface area contributed by atoms with Gasteiger partial charge in [-0.15, -0.1) is 0 Å². The molecule has 1 aliphatic rings. The lowest BCUT2D eigenvalue weighted by atomic mass is 10.2. The molecule has 0 spiro atoms. The highest BCUT2D eigenvalue weighted by molar-refractivity contribution is 7.89. The Bertz CT molecular complexity index is 795. The Morgan fingerprint density at radius 3 is 2.59 bits per heavy atom. The zero-order chi connectivity index (χ0) is 15.9. The molecule has 1 aliphatic carbocycles. The van der Waals surface area contributed by atoms with Gasteiger partial charge in [0.05, 0.1) is 5.52 Å². The summed E-state index contributed by atoms with van der Waals surface area (Å²) in [5.74, 6) is 0.306. The van der Waals surface area contributed by atoms with Crippen LogP contribution in [0.25, 0.3) is 10.9 Å². The van der Waals surface area contributed by atoms with Crippen molar-refractivity contribution >= 4 is 20.9 Å². The van der Waals surface area contributed by atoms with Crippen LogP contribution in [-0.2, 0) is 10.0 Å². The van der Waals surface area contributed by atoms with Crippen molar-refractivity contribution in [2.24, 2.45) is 5.92 Å². The molecule has 1 fully saturated rings. The minimum absolute atomic E-state index is 0.160. The third kappa shape index (κ3) is 2.88. The third-order valence-corrected chi connectivity index (χ3v) is 5.86. The fraction of sp³-hybridized carbons (Fsp3) is 0.471. The van der Waals surface area contributed by atoms with Gasteiger partial charge in [-0.1, -0.05) is 32.0 Å². The van der Waals surface area contributed by atoms with Gasteiger partial charge >= 0.3 is 0 Å². The summed E-state index contributed by atoms with van der Waals surface area (Å²) < 4.78 is 28.0. The van der Waals surface area contributed by atoms with Gasteiger partial charge in [0.2, 0.25) is 10.0 Å². The van der Waals surface area contributed by atoms with Crippen LogP contribution >= 0.6 is 0 Å². The lowest BCUT2D eigenvalue weighted by Gasteiger charge is -2.24. The number of para-hydroxylation sites is 1. The number of rotatable bonds is 5. The van der Waals surface area contributed by atoms with Crippen molar-refractivity contribution in [2.45, 2.75) is 44.6 Å². The molecule has 1 aromatic carbocycles. The zero-order valence-electron chi connectivity index (χ0n) is 13.3. The molecule has 0 N–H and O–H groups in total. The van der Waals surface area contributed by atoms with E-state index in [1.54, 1.807) is 16.4 Å². The number of fused-ring (bicyclic) bond motifs is 1. The maximum atomic E-state index is 13.2. The van der Waals surface area contributed by atoms with Crippen LogP contribution in [0, 0.1) is 12.8 Å². The number of sulfonamides is 1. The van der Waals surface area contributed by atoms with Crippen LogP contribution in [0.2, 0.25) is 0 Å². The first kappa shape index (κ1) is 15.4. The summed E-state index contributed by atoms with van der Waals surface area (Å²) in [5.41, 5.74) is 1.41. The number of benzene rings is 1. The molecule has 3 rings (SSSR count). The van der Waals surface area contributed by atoms with Gasteiger partial charge in [-0.2, -0.15) is 4.31 Å². The average molecular weight is 318 g/mol. The summed E-state index contributed by atoms with van der Waals surface area (Å²) in [4.78, 5) is 4.81. The highest BCUT2D eigenvalue weighted by Crippen LogP contribution is 2.34. The number of nitrogens with zero attached hydrogens (tertiary/aromatic N) is 2. The van der Waals surface area contributed by atoms with E-state index in [4.69, 9.17) is 0 Å². The summed E-state index contributed by atoms with van der Waals surface area (Å²) in [6.07, 6.45) is 1.92. The number of pyridine rings is 1. The van der Waals surface area contributed by atoms with Crippen molar-refractivity contribution in [1.29, 1.82) is 0 Å². The van der Waals surface area contributed by atoms with E-state index in [1.165, 1.54) is 0 Å². The van der Waals surface area contributed by atoms with Crippen LogP contribution < -0.4 is 0 Å². The molecule has 0 unspecified atom stereocenters. The number of hydrogen-bond acceptors (Lipinski definition) is 3. The Hall–Kier alpha value is -1.46. The van der Waals surface area contributed by atoms with E-state index in [0.717, 1.165) is 23.9 Å². The molecular weight excluding hydrogens is 296 g/mol. The molecule has 2 aromatic rings. The predicted molar refractivity (Wildman–Crippen MR) is 88.2 cm³/mol. The second-order valence-corrected chi connectivity index (χ2v) is 8.34. The molecule has 0 aliphatic heterocycles. The average Bonchev–Trinajstić information content (AvgIpc) is 3.28. The summed E-state index contributed by atoms with van der Waals surface area (Å²) in [6, 6.07) is 9.39. The molecular formula is C17H22N2O2S. The van der Waals surface area contributed by atoms with E-state index in [-0.39, 0.29) is 6.04 Å². The van der Waals surface area contributed by atoms with Crippen LogP contribution in [-0.4, -0.2) is 30.3 Å². The first-order valence-corrected chi connectivity index (χ1v) is 9.22. The summed E-state index contributed by atoms with van der Waals surface area (Å²) in [7, 11) is -3.51. The van der Waals surface area contributed by atoms with Crippen molar-refractivity contribution in [1.82, 2.24) is 9.29 Å². The molecule has 118 valence electrons. The Morgan fingerprint density at radius 1 is 1.23 bits per heavy atom. The minimum atomic E-state index is -3.51. The Morgan fingerprint density at radius 2 is 1.95 bits per heavy atom. The molecule has 22 heavy (non-hydrogen) atoms. The largest absolute Gasteiger partial charge is 0.252 e. The van der Waals surface area contributed by atoms with E-state index in [0.29, 0.717) is 22.9 Å². The van der Waals surface area contributed by atoms with Crippen LogP contribution in [0.15, 0.2) is 35.2 Å². The SMILES string of the molecule is Cc1ccc2cccc(S(=O)(=O)N(CC(C)C)C3CC3)c2n1. The van der Waals surface area contributed by atoms with Crippen molar-refractivity contribution in [3.63, 3.8) is 0 Å². The third-order valence-electron chi connectivity index (χ3n) is 3.91. The van der Waals surface area contributed by atoms with Crippen molar-refractivity contribution in [2.75, 3.05) is 6.54 Å². The first-order valence-electron chi connectivity index (χ1n) is 7.78. The van der Waals surface area contributed by atoms with Gasteiger partial charge in [-0.3, -0.25) is 4.98 Å². The van der Waals surface area contributed by atoms with Crippen LogP contribution in [0.5, 0.6) is 0 Å². The summed E-state index contributed by atoms with van der Waals surface area (Å²) in [5, 5.41) is 0.868. The van der Waals surface area contributed by atoms with Gasteiger partial charge in [0, 0.05) is 23.7 Å². The van der Waals surface area contributed by atoms with Gasteiger partial charge in [0.25, 0.3) is 0 Å². The van der Waals surface area contributed by atoms with Crippen molar-refractivity contribution in [3.8, 4) is 0 Å². The van der Waals surface area contributed by atoms with Crippen LogP contribution in [0.1, 0.15) is 32.4 Å². The second-order valence-electron chi connectivity index (χ2n) is 6.48. The van der Waals surface area contributed by atoms with Crippen molar-refractivity contribution in [3.05, 3.63) is 36.0 Å². The molecule has 1 saturated carbocycles. The monoisotopic (exact) mass is 318 g/mol. The zero-order valence-corrected chi connectivity index (χ0v) is 14.1. The molecule has 0 saturated heterocycles. The molecule has 0 bridgehead atoms. The number of aromatic nitrogens is 1. The van der Waals surface area contributed by atoms with Crippen LogP contribution in [0.3, 0.4) is 0 Å². The summed E-state index contributed by atoms with van der Waals surface area (Å²) >= 11 is 0. The standard InChI is InChI=1S/C17H22N2O2S/c1-12(2)11-19(15-9-10-15)22(20,21)16-6-4-5-14-8-7-13(3)18-17(14)16/h4-8,12,15H,9-11H2,1-3H3. The maximum Gasteiger partial charge on any atom is 0.245 e. The van der Waals surface area contributed by atoms with E-state index < -0.39 is 10.0 Å². The van der Waals surface area contributed by atoms with Crippen LogP contribution in [0.4, 0.5) is 0 Å². The molecule has 0 atom stereocenters. The normalized spacial score (nSPS) is 15.9. The highest BCUT2D eigenvalue weighted by atomic mass is 32.2. The molecule has 1 aromatic heterocycles. The summed E-state index contributed by atoms with van der Waals surface area (Å²) in [6.45, 7) is 6.55. The van der Waals surface area contributed by atoms with E-state index in [2.05, 4.69) is 18.8 Å². The van der Waals surface area contributed by atoms with Gasteiger partial charge in [-0.05, 0) is 37.8 Å². The smallest absolute Gasteiger partial charge is 0.245 e. The minimum Gasteiger partial charge on any atom is -0.252 e. The number of hydrogen-bond donors (Lipinski definition) is 0. The molecule has 5 heteroatoms. The number of aryl methyl sites for hydroxylation is 1. The lowest BCUT2D eigenvalue weighted by molar-refractivity contribution is 0.360. The van der Waals surface area contributed by atoms with E-state index >= 15 is 0 Å². The topological polar surface area (TPSA) is 50.3 Å². The lowest BCUT2D eigenvalue weighted by Crippen LogP contribution is -2.36. The highest BCUT2D eigenvalue weighted by Gasteiger charge is 2.39. The van der Waals surface area contributed by atoms with Gasteiger partial charge in [0.1, 0.15) is 4.90 Å². The molecule has 1 heterocycles. The van der Waals surface area contributed by atoms with Gasteiger partial charge in [-0.25, -0.2) is 8.42 Å². The van der Waals surface area contributed by atoms with E-state index in [9.17, 15) is 8.42 Å². The second kappa shape index (κ2) is 5.63. The quantitative estimate of drug-likeness (QED) is 0.849. The maximum absolute atomic E-state index is 13.2. The first-order chi connectivity index (χ1) is 10.4. The van der Waals surface area contributed by atoms with Gasteiger partial charge < -0.3 is 0 Å². The Kier molecular flexibility index (Phi) is 3.95. The fourth-order valence-electron chi connectivity index (χ4n) is 2.72. The Balaban J connectivity index is 2.13.